The van der Waals surface area contributed by atoms with Crippen LogP contribution in [0.3, 0.4) is 0 Å². The first kappa shape index (κ1) is 10.4. The molecule has 0 aromatic rings. The van der Waals surface area contributed by atoms with E-state index in [9.17, 15) is 0 Å². The van der Waals surface area contributed by atoms with Crippen LogP contribution in [0.2, 0.25) is 0 Å². The van der Waals surface area contributed by atoms with Gasteiger partial charge < -0.3 is 10.6 Å². The second kappa shape index (κ2) is 4.19. The third-order valence-corrected chi connectivity index (χ3v) is 4.26. The minimum Gasteiger partial charge on any atom is -0.330 e. The summed E-state index contributed by atoms with van der Waals surface area (Å²) >= 11 is 0. The maximum atomic E-state index is 5.70. The lowest BCUT2D eigenvalue weighted by Crippen LogP contribution is -2.45. The van der Waals surface area contributed by atoms with Crippen molar-refractivity contribution in [3.63, 3.8) is 0 Å². The van der Waals surface area contributed by atoms with Gasteiger partial charge >= 0.3 is 0 Å². The lowest BCUT2D eigenvalue weighted by Gasteiger charge is -2.43. The van der Waals surface area contributed by atoms with Crippen LogP contribution >= 0.6 is 0 Å². The number of hydrogen-bond acceptors (Lipinski definition) is 2. The summed E-state index contributed by atoms with van der Waals surface area (Å²) in [5, 5.41) is 0. The Hall–Kier alpha value is -0.0800. The zero-order valence-corrected chi connectivity index (χ0v) is 9.58. The molecular weight excluding hydrogens is 172 g/mol. The summed E-state index contributed by atoms with van der Waals surface area (Å²) in [4.78, 5) is 2.68. The highest BCUT2D eigenvalue weighted by Gasteiger charge is 2.37. The maximum absolute atomic E-state index is 5.70. The molecule has 1 saturated heterocycles. The van der Waals surface area contributed by atoms with Crippen molar-refractivity contribution in [2.75, 3.05) is 19.6 Å². The van der Waals surface area contributed by atoms with E-state index in [1.807, 2.05) is 0 Å². The number of nitrogens with zero attached hydrogens (tertiary/aromatic N) is 1. The van der Waals surface area contributed by atoms with E-state index in [1.165, 1.54) is 32.4 Å². The Bertz CT molecular complexity index is 185. The first-order valence-corrected chi connectivity index (χ1v) is 6.14. The van der Waals surface area contributed by atoms with Crippen LogP contribution in [-0.2, 0) is 0 Å². The molecular formula is C12H24N2. The van der Waals surface area contributed by atoms with Gasteiger partial charge in [0.2, 0.25) is 0 Å². The SMILES string of the molecule is CC(C)C1CC(N2CCC(CN)C2)C1. The molecule has 1 aliphatic carbocycles. The lowest BCUT2D eigenvalue weighted by atomic mass is 9.73. The predicted molar refractivity (Wildman–Crippen MR) is 60.1 cm³/mol. The van der Waals surface area contributed by atoms with E-state index in [4.69, 9.17) is 5.73 Å². The fourth-order valence-corrected chi connectivity index (χ4v) is 2.86. The van der Waals surface area contributed by atoms with Gasteiger partial charge in [-0.05, 0) is 50.1 Å². The van der Waals surface area contributed by atoms with Crippen LogP contribution < -0.4 is 5.73 Å². The Kier molecular flexibility index (Phi) is 3.13. The molecule has 2 nitrogen and oxygen atoms in total. The van der Waals surface area contributed by atoms with Crippen LogP contribution in [0.1, 0.15) is 33.1 Å². The Morgan fingerprint density at radius 2 is 2.07 bits per heavy atom. The van der Waals surface area contributed by atoms with Gasteiger partial charge in [-0.1, -0.05) is 13.8 Å². The molecule has 2 N–H and O–H groups in total. The van der Waals surface area contributed by atoms with Crippen LogP contribution in [-0.4, -0.2) is 30.6 Å². The van der Waals surface area contributed by atoms with Crippen molar-refractivity contribution in [2.45, 2.75) is 39.2 Å². The topological polar surface area (TPSA) is 29.3 Å². The van der Waals surface area contributed by atoms with E-state index in [0.29, 0.717) is 0 Å². The van der Waals surface area contributed by atoms with Gasteiger partial charge in [-0.3, -0.25) is 0 Å². The van der Waals surface area contributed by atoms with Crippen molar-refractivity contribution in [2.24, 2.45) is 23.5 Å². The molecule has 0 spiro atoms. The van der Waals surface area contributed by atoms with Gasteiger partial charge in [0.05, 0.1) is 0 Å². The highest BCUT2D eigenvalue weighted by Crippen LogP contribution is 2.38. The van der Waals surface area contributed by atoms with E-state index >= 15 is 0 Å². The predicted octanol–water partition coefficient (Wildman–Crippen LogP) is 1.70. The highest BCUT2D eigenvalue weighted by molar-refractivity contribution is 4.91. The zero-order chi connectivity index (χ0) is 10.1. The summed E-state index contributed by atoms with van der Waals surface area (Å²) in [5.74, 6) is 2.67. The zero-order valence-electron chi connectivity index (χ0n) is 9.58. The summed E-state index contributed by atoms with van der Waals surface area (Å²) in [5.41, 5.74) is 5.70. The van der Waals surface area contributed by atoms with Crippen molar-refractivity contribution in [1.82, 2.24) is 4.90 Å². The third kappa shape index (κ3) is 1.96. The van der Waals surface area contributed by atoms with Crippen molar-refractivity contribution < 1.29 is 0 Å². The van der Waals surface area contributed by atoms with Gasteiger partial charge in [0.25, 0.3) is 0 Å². The maximum Gasteiger partial charge on any atom is 0.0101 e. The van der Waals surface area contributed by atoms with E-state index in [2.05, 4.69) is 18.7 Å². The van der Waals surface area contributed by atoms with Crippen molar-refractivity contribution in [1.29, 1.82) is 0 Å². The quantitative estimate of drug-likeness (QED) is 0.744. The largest absolute Gasteiger partial charge is 0.330 e. The highest BCUT2D eigenvalue weighted by atomic mass is 15.2. The molecule has 0 amide bonds. The Morgan fingerprint density at radius 1 is 1.36 bits per heavy atom. The molecule has 82 valence electrons. The van der Waals surface area contributed by atoms with Gasteiger partial charge in [0.15, 0.2) is 0 Å². The summed E-state index contributed by atoms with van der Waals surface area (Å²) < 4.78 is 0. The number of likely N-dealkylation sites (tertiary alicyclic amines) is 1. The Labute approximate surface area is 87.8 Å². The number of nitrogens with two attached hydrogens (primary N) is 1. The van der Waals surface area contributed by atoms with Crippen molar-refractivity contribution in [3.05, 3.63) is 0 Å². The summed E-state index contributed by atoms with van der Waals surface area (Å²) in [6, 6.07) is 0.902. The Balaban J connectivity index is 1.73. The molecule has 1 aliphatic heterocycles. The molecule has 2 aliphatic rings. The van der Waals surface area contributed by atoms with E-state index < -0.39 is 0 Å². The van der Waals surface area contributed by atoms with Gasteiger partial charge in [-0.25, -0.2) is 0 Å². The molecule has 0 aromatic carbocycles. The molecule has 2 fully saturated rings. The molecule has 1 atom stereocenters. The molecule has 0 bridgehead atoms. The first-order chi connectivity index (χ1) is 6.70. The molecule has 14 heavy (non-hydrogen) atoms. The van der Waals surface area contributed by atoms with Crippen LogP contribution in [0, 0.1) is 17.8 Å². The monoisotopic (exact) mass is 196 g/mol. The minimum atomic E-state index is 0.785. The fraction of sp³-hybridized carbons (Fsp3) is 1.00. The van der Waals surface area contributed by atoms with Crippen molar-refractivity contribution >= 4 is 0 Å². The van der Waals surface area contributed by atoms with E-state index in [0.717, 1.165) is 30.3 Å². The van der Waals surface area contributed by atoms with E-state index in [-0.39, 0.29) is 0 Å². The summed E-state index contributed by atoms with van der Waals surface area (Å²) in [7, 11) is 0. The Morgan fingerprint density at radius 3 is 2.57 bits per heavy atom. The fourth-order valence-electron chi connectivity index (χ4n) is 2.86. The van der Waals surface area contributed by atoms with Gasteiger partial charge in [-0.15, -0.1) is 0 Å². The van der Waals surface area contributed by atoms with Crippen LogP contribution in [0.15, 0.2) is 0 Å². The summed E-state index contributed by atoms with van der Waals surface area (Å²) in [6.45, 7) is 8.17. The molecule has 2 heteroatoms. The second-order valence-corrected chi connectivity index (χ2v) is 5.51. The first-order valence-electron chi connectivity index (χ1n) is 6.14. The van der Waals surface area contributed by atoms with Crippen molar-refractivity contribution in [3.8, 4) is 0 Å². The number of hydrogen-bond donors (Lipinski definition) is 1. The van der Waals surface area contributed by atoms with E-state index in [1.54, 1.807) is 0 Å². The second-order valence-electron chi connectivity index (χ2n) is 5.51. The van der Waals surface area contributed by atoms with Gasteiger partial charge in [0.1, 0.15) is 0 Å². The minimum absolute atomic E-state index is 0.785. The molecule has 1 heterocycles. The third-order valence-electron chi connectivity index (χ3n) is 4.26. The molecule has 2 rings (SSSR count). The van der Waals surface area contributed by atoms with Gasteiger partial charge in [0, 0.05) is 12.6 Å². The average molecular weight is 196 g/mol. The molecule has 0 radical (unpaired) electrons. The van der Waals surface area contributed by atoms with Gasteiger partial charge in [-0.2, -0.15) is 0 Å². The summed E-state index contributed by atoms with van der Waals surface area (Å²) in [6.07, 6.45) is 4.21. The normalized spacial score (nSPS) is 39.0. The lowest BCUT2D eigenvalue weighted by molar-refractivity contribution is 0.0706. The molecule has 0 aromatic heterocycles. The smallest absolute Gasteiger partial charge is 0.0101 e. The molecule has 1 unspecified atom stereocenters. The van der Waals surface area contributed by atoms with Crippen LogP contribution in [0.25, 0.3) is 0 Å². The number of rotatable bonds is 3. The standard InChI is InChI=1S/C12H24N2/c1-9(2)11-5-12(6-11)14-4-3-10(7-13)8-14/h9-12H,3-8,13H2,1-2H3. The molecule has 1 saturated carbocycles. The van der Waals surface area contributed by atoms with Crippen LogP contribution in [0.4, 0.5) is 0 Å². The van der Waals surface area contributed by atoms with Crippen LogP contribution in [0.5, 0.6) is 0 Å². The average Bonchev–Trinajstić information content (AvgIpc) is 2.49.